The smallest absolute Gasteiger partial charge is 0.258 e. The summed E-state index contributed by atoms with van der Waals surface area (Å²) in [6, 6.07) is 11.8. The highest BCUT2D eigenvalue weighted by Crippen LogP contribution is 2.27. The first-order chi connectivity index (χ1) is 10.0. The van der Waals surface area contributed by atoms with Crippen LogP contribution in [0.5, 0.6) is 0 Å². The Morgan fingerprint density at radius 3 is 2.67 bits per heavy atom. The number of benzene rings is 2. The van der Waals surface area contributed by atoms with E-state index in [1.165, 1.54) is 42.5 Å². The first kappa shape index (κ1) is 14.7. The average Bonchev–Trinajstić information content (AvgIpc) is 2.47. The summed E-state index contributed by atoms with van der Waals surface area (Å²) in [5.74, 6) is -0.534. The second-order valence-electron chi connectivity index (χ2n) is 4.12. The molecule has 0 unspecified atom stereocenters. The van der Waals surface area contributed by atoms with Gasteiger partial charge in [0.15, 0.2) is 0 Å². The Labute approximate surface area is 124 Å². The van der Waals surface area contributed by atoms with Gasteiger partial charge in [-0.15, -0.1) is 0 Å². The van der Waals surface area contributed by atoms with E-state index in [4.69, 9.17) is 16.9 Å². The molecule has 0 aliphatic carbocycles. The molecule has 21 heavy (non-hydrogen) atoms. The van der Waals surface area contributed by atoms with Gasteiger partial charge in [0, 0.05) is 11.6 Å². The maximum absolute atomic E-state index is 13.7. The lowest BCUT2D eigenvalue weighted by molar-refractivity contribution is -0.384. The Balaban J connectivity index is 2.52. The minimum absolute atomic E-state index is 0.00143. The van der Waals surface area contributed by atoms with Gasteiger partial charge in [-0.25, -0.2) is 4.39 Å². The summed E-state index contributed by atoms with van der Waals surface area (Å²) in [6.07, 6.45) is 1.38. The molecule has 0 radical (unpaired) electrons. The maximum atomic E-state index is 13.7. The lowest BCUT2D eigenvalue weighted by Gasteiger charge is -2.02. The zero-order valence-electron chi connectivity index (χ0n) is 10.6. The van der Waals surface area contributed by atoms with E-state index in [1.54, 1.807) is 6.07 Å². The number of nitro groups is 1. The summed E-state index contributed by atoms with van der Waals surface area (Å²) in [7, 11) is 0. The monoisotopic (exact) mass is 302 g/mol. The van der Waals surface area contributed by atoms with Crippen molar-refractivity contribution >= 4 is 28.9 Å². The van der Waals surface area contributed by atoms with E-state index >= 15 is 0 Å². The fraction of sp³-hybridized carbons (Fsp3) is 0. The molecule has 0 aliphatic rings. The van der Waals surface area contributed by atoms with E-state index in [0.717, 1.165) is 0 Å². The predicted octanol–water partition coefficient (Wildman–Crippen LogP) is 4.45. The van der Waals surface area contributed by atoms with Gasteiger partial charge >= 0.3 is 0 Å². The largest absolute Gasteiger partial charge is 0.288 e. The molecule has 0 aliphatic heterocycles. The highest BCUT2D eigenvalue weighted by molar-refractivity contribution is 6.32. The number of halogens is 2. The van der Waals surface area contributed by atoms with Crippen molar-refractivity contribution in [1.82, 2.24) is 0 Å². The highest BCUT2D eigenvalue weighted by Gasteiger charge is 2.13. The van der Waals surface area contributed by atoms with Crippen LogP contribution in [0.3, 0.4) is 0 Å². The molecule has 2 aromatic rings. The Morgan fingerprint density at radius 2 is 2.05 bits per heavy atom. The number of nitro benzene ring substituents is 1. The quantitative estimate of drug-likeness (QED) is 0.364. The third kappa shape index (κ3) is 3.25. The molecule has 104 valence electrons. The van der Waals surface area contributed by atoms with Crippen LogP contribution >= 0.6 is 11.6 Å². The van der Waals surface area contributed by atoms with Crippen LogP contribution < -0.4 is 0 Å². The van der Waals surface area contributed by atoms with E-state index < -0.39 is 10.7 Å². The molecular formula is C15H8ClFN2O2. The van der Waals surface area contributed by atoms with Crippen LogP contribution in [0.15, 0.2) is 42.5 Å². The minimum Gasteiger partial charge on any atom is -0.258 e. The molecule has 4 nitrogen and oxygen atoms in total. The number of allylic oxidation sites excluding steroid dienone is 1. The van der Waals surface area contributed by atoms with Crippen molar-refractivity contribution in [3.63, 3.8) is 0 Å². The van der Waals surface area contributed by atoms with Crippen LogP contribution in [0, 0.1) is 27.3 Å². The molecule has 0 aromatic heterocycles. The lowest BCUT2D eigenvalue weighted by Crippen LogP contribution is -1.91. The standard InChI is InChI=1S/C15H8ClFN2O2/c16-13-6-5-10(8-15(13)19(20)21)7-11(9-18)12-3-1-2-4-14(12)17/h1-8H/b11-7-. The van der Waals surface area contributed by atoms with Gasteiger partial charge in [0.2, 0.25) is 0 Å². The predicted molar refractivity (Wildman–Crippen MR) is 78.0 cm³/mol. The number of hydrogen-bond acceptors (Lipinski definition) is 3. The third-order valence-electron chi connectivity index (χ3n) is 2.76. The van der Waals surface area contributed by atoms with Crippen LogP contribution in [0.1, 0.15) is 11.1 Å². The summed E-state index contributed by atoms with van der Waals surface area (Å²) in [5, 5.41) is 20.0. The number of nitriles is 1. The number of nitrogens with zero attached hydrogens (tertiary/aromatic N) is 2. The molecule has 0 saturated heterocycles. The first-order valence-electron chi connectivity index (χ1n) is 5.83. The second kappa shape index (κ2) is 6.16. The van der Waals surface area contributed by atoms with Gasteiger partial charge in [-0.2, -0.15) is 5.26 Å². The molecule has 0 bridgehead atoms. The third-order valence-corrected chi connectivity index (χ3v) is 3.08. The summed E-state index contributed by atoms with van der Waals surface area (Å²) in [4.78, 5) is 10.2. The van der Waals surface area contributed by atoms with Crippen LogP contribution in [-0.4, -0.2) is 4.92 Å². The molecule has 0 spiro atoms. The lowest BCUT2D eigenvalue weighted by atomic mass is 10.0. The zero-order valence-corrected chi connectivity index (χ0v) is 11.3. The van der Waals surface area contributed by atoms with Crippen LogP contribution in [0.4, 0.5) is 10.1 Å². The van der Waals surface area contributed by atoms with Gasteiger partial charge in [0.05, 0.1) is 16.6 Å². The SMILES string of the molecule is N#C/C(=C/c1ccc(Cl)c([N+](=O)[O-])c1)c1ccccc1F. The maximum Gasteiger partial charge on any atom is 0.288 e. The van der Waals surface area contributed by atoms with E-state index in [0.29, 0.717) is 5.56 Å². The molecule has 0 atom stereocenters. The van der Waals surface area contributed by atoms with E-state index in [1.807, 2.05) is 6.07 Å². The van der Waals surface area contributed by atoms with Crippen molar-refractivity contribution in [3.05, 3.63) is 74.5 Å². The van der Waals surface area contributed by atoms with Gasteiger partial charge in [-0.1, -0.05) is 35.9 Å². The Hall–Kier alpha value is -2.71. The van der Waals surface area contributed by atoms with Gasteiger partial charge < -0.3 is 0 Å². The van der Waals surface area contributed by atoms with Crippen molar-refractivity contribution in [2.24, 2.45) is 0 Å². The summed E-state index contributed by atoms with van der Waals surface area (Å²) < 4.78 is 13.7. The van der Waals surface area contributed by atoms with Gasteiger partial charge in [-0.3, -0.25) is 10.1 Å². The average molecular weight is 303 g/mol. The van der Waals surface area contributed by atoms with Crippen LogP contribution in [-0.2, 0) is 0 Å². The molecule has 0 amide bonds. The molecule has 2 aromatic carbocycles. The zero-order chi connectivity index (χ0) is 15.4. The molecule has 0 fully saturated rings. The fourth-order valence-electron chi connectivity index (χ4n) is 1.78. The van der Waals surface area contributed by atoms with Crippen molar-refractivity contribution in [2.75, 3.05) is 0 Å². The Bertz CT molecular complexity index is 781. The number of hydrogen-bond donors (Lipinski definition) is 0. The molecule has 2 rings (SSSR count). The van der Waals surface area contributed by atoms with Gasteiger partial charge in [-0.05, 0) is 23.8 Å². The normalized spacial score (nSPS) is 11.0. The Kier molecular flexibility index (Phi) is 4.31. The second-order valence-corrected chi connectivity index (χ2v) is 4.52. The van der Waals surface area contributed by atoms with Crippen molar-refractivity contribution < 1.29 is 9.31 Å². The molecule has 0 heterocycles. The molecular weight excluding hydrogens is 295 g/mol. The molecule has 6 heteroatoms. The highest BCUT2D eigenvalue weighted by atomic mass is 35.5. The van der Waals surface area contributed by atoms with E-state index in [9.17, 15) is 14.5 Å². The first-order valence-corrected chi connectivity index (χ1v) is 6.21. The topological polar surface area (TPSA) is 66.9 Å². The van der Waals surface area contributed by atoms with Gasteiger partial charge in [0.1, 0.15) is 10.8 Å². The summed E-state index contributed by atoms with van der Waals surface area (Å²) in [6.45, 7) is 0. The fourth-order valence-corrected chi connectivity index (χ4v) is 1.96. The minimum atomic E-state index is -0.616. The molecule has 0 saturated carbocycles. The Morgan fingerprint density at radius 1 is 1.33 bits per heavy atom. The van der Waals surface area contributed by atoms with Crippen molar-refractivity contribution in [1.29, 1.82) is 5.26 Å². The van der Waals surface area contributed by atoms with Crippen molar-refractivity contribution in [3.8, 4) is 6.07 Å². The van der Waals surface area contributed by atoms with E-state index in [2.05, 4.69) is 0 Å². The van der Waals surface area contributed by atoms with Crippen molar-refractivity contribution in [2.45, 2.75) is 0 Å². The van der Waals surface area contributed by atoms with E-state index in [-0.39, 0.29) is 21.8 Å². The van der Waals surface area contributed by atoms with Crippen LogP contribution in [0.2, 0.25) is 5.02 Å². The summed E-state index contributed by atoms with van der Waals surface area (Å²) >= 11 is 5.72. The number of rotatable bonds is 3. The molecule has 0 N–H and O–H groups in total. The summed E-state index contributed by atoms with van der Waals surface area (Å²) in [5.41, 5.74) is 0.337. The van der Waals surface area contributed by atoms with Gasteiger partial charge in [0.25, 0.3) is 5.69 Å². The van der Waals surface area contributed by atoms with Crippen LogP contribution in [0.25, 0.3) is 11.6 Å².